The van der Waals surface area contributed by atoms with Crippen LogP contribution < -0.4 is 4.74 Å². The summed E-state index contributed by atoms with van der Waals surface area (Å²) in [5.74, 6) is 0.579. The van der Waals surface area contributed by atoms with Crippen molar-refractivity contribution in [3.63, 3.8) is 0 Å². The molecule has 0 aromatic carbocycles. The SMILES string of the molecule is Cc1cccc(O[C@@H]2CCN(S(=O)(=O)C3CC3)C2)n1. The average molecular weight is 282 g/mol. The van der Waals surface area contributed by atoms with Crippen molar-refractivity contribution in [2.45, 2.75) is 37.5 Å². The first-order chi connectivity index (χ1) is 9.05. The molecule has 1 atom stereocenters. The van der Waals surface area contributed by atoms with Crippen molar-refractivity contribution in [3.05, 3.63) is 23.9 Å². The van der Waals surface area contributed by atoms with Crippen LogP contribution in [0.5, 0.6) is 5.88 Å². The third kappa shape index (κ3) is 2.74. The first-order valence-electron chi connectivity index (χ1n) is 6.65. The molecule has 2 aliphatic rings. The highest BCUT2D eigenvalue weighted by molar-refractivity contribution is 7.90. The monoisotopic (exact) mass is 282 g/mol. The van der Waals surface area contributed by atoms with Crippen molar-refractivity contribution in [1.82, 2.24) is 9.29 Å². The molecule has 1 saturated carbocycles. The highest BCUT2D eigenvalue weighted by atomic mass is 32.2. The van der Waals surface area contributed by atoms with Gasteiger partial charge in [-0.15, -0.1) is 0 Å². The number of pyridine rings is 1. The normalized spacial score (nSPS) is 24.6. The van der Waals surface area contributed by atoms with E-state index in [1.807, 2.05) is 25.1 Å². The van der Waals surface area contributed by atoms with Crippen LogP contribution in [0.2, 0.25) is 0 Å². The van der Waals surface area contributed by atoms with Crippen molar-refractivity contribution in [2.24, 2.45) is 0 Å². The maximum atomic E-state index is 12.1. The molecule has 2 heterocycles. The predicted molar refractivity (Wildman–Crippen MR) is 71.5 cm³/mol. The molecule has 2 fully saturated rings. The zero-order valence-corrected chi connectivity index (χ0v) is 11.8. The number of hydrogen-bond acceptors (Lipinski definition) is 4. The molecule has 3 rings (SSSR count). The summed E-state index contributed by atoms with van der Waals surface area (Å²) in [5.41, 5.74) is 0.901. The van der Waals surface area contributed by atoms with Crippen LogP contribution in [-0.4, -0.2) is 42.2 Å². The molecule has 1 aliphatic heterocycles. The van der Waals surface area contributed by atoms with Crippen LogP contribution >= 0.6 is 0 Å². The quantitative estimate of drug-likeness (QED) is 0.836. The molecule has 5 nitrogen and oxygen atoms in total. The van der Waals surface area contributed by atoms with E-state index in [0.29, 0.717) is 19.0 Å². The maximum Gasteiger partial charge on any atom is 0.217 e. The summed E-state index contributed by atoms with van der Waals surface area (Å²) in [6.07, 6.45) is 2.28. The third-order valence-electron chi connectivity index (χ3n) is 3.56. The van der Waals surface area contributed by atoms with Gasteiger partial charge >= 0.3 is 0 Å². The van der Waals surface area contributed by atoms with Gasteiger partial charge in [0, 0.05) is 18.3 Å². The van der Waals surface area contributed by atoms with Gasteiger partial charge in [0.2, 0.25) is 15.9 Å². The van der Waals surface area contributed by atoms with E-state index in [-0.39, 0.29) is 11.4 Å². The molecule has 1 aromatic heterocycles. The van der Waals surface area contributed by atoms with Crippen LogP contribution in [0.4, 0.5) is 0 Å². The second kappa shape index (κ2) is 4.76. The number of hydrogen-bond donors (Lipinski definition) is 0. The van der Waals surface area contributed by atoms with E-state index in [1.54, 1.807) is 4.31 Å². The van der Waals surface area contributed by atoms with E-state index in [4.69, 9.17) is 4.74 Å². The highest BCUT2D eigenvalue weighted by Gasteiger charge is 2.43. The molecule has 0 radical (unpaired) electrons. The molecule has 1 aliphatic carbocycles. The Balaban J connectivity index is 1.63. The molecule has 1 aromatic rings. The molecular weight excluding hydrogens is 264 g/mol. The van der Waals surface area contributed by atoms with Gasteiger partial charge in [-0.3, -0.25) is 0 Å². The van der Waals surface area contributed by atoms with Gasteiger partial charge in [0.05, 0.1) is 11.8 Å². The molecule has 0 spiro atoms. The lowest BCUT2D eigenvalue weighted by Gasteiger charge is -2.16. The summed E-state index contributed by atoms with van der Waals surface area (Å²) in [4.78, 5) is 4.28. The minimum atomic E-state index is -3.07. The van der Waals surface area contributed by atoms with Crippen molar-refractivity contribution < 1.29 is 13.2 Å². The third-order valence-corrected chi connectivity index (χ3v) is 5.93. The van der Waals surface area contributed by atoms with Gasteiger partial charge in [-0.25, -0.2) is 13.4 Å². The van der Waals surface area contributed by atoms with Crippen molar-refractivity contribution >= 4 is 10.0 Å². The van der Waals surface area contributed by atoms with Crippen LogP contribution in [0.15, 0.2) is 18.2 Å². The van der Waals surface area contributed by atoms with E-state index < -0.39 is 10.0 Å². The van der Waals surface area contributed by atoms with Crippen molar-refractivity contribution in [3.8, 4) is 5.88 Å². The van der Waals surface area contributed by atoms with E-state index in [1.165, 1.54) is 0 Å². The molecule has 19 heavy (non-hydrogen) atoms. The standard InChI is InChI=1S/C13H18N2O3S/c1-10-3-2-4-13(14-10)18-11-7-8-15(9-11)19(16,17)12-5-6-12/h2-4,11-12H,5-9H2,1H3/t11-/m1/s1. The Hall–Kier alpha value is -1.14. The summed E-state index contributed by atoms with van der Waals surface area (Å²) in [6, 6.07) is 5.61. The average Bonchev–Trinajstić information content (AvgIpc) is 3.11. The maximum absolute atomic E-state index is 12.1. The number of nitrogens with zero attached hydrogens (tertiary/aromatic N) is 2. The molecule has 0 unspecified atom stereocenters. The molecule has 0 N–H and O–H groups in total. The van der Waals surface area contributed by atoms with Crippen LogP contribution in [-0.2, 0) is 10.0 Å². The largest absolute Gasteiger partial charge is 0.473 e. The van der Waals surface area contributed by atoms with Crippen LogP contribution in [0.1, 0.15) is 25.0 Å². The van der Waals surface area contributed by atoms with Crippen LogP contribution in [0, 0.1) is 6.92 Å². The number of aryl methyl sites for hydroxylation is 1. The Labute approximate surface area is 113 Å². The summed E-state index contributed by atoms with van der Waals surface area (Å²) in [5, 5.41) is -0.136. The Bertz CT molecular complexity index is 569. The predicted octanol–water partition coefficient (Wildman–Crippen LogP) is 1.34. The first-order valence-corrected chi connectivity index (χ1v) is 8.15. The van der Waals surface area contributed by atoms with Gasteiger partial charge in [0.15, 0.2) is 0 Å². The molecule has 0 bridgehead atoms. The van der Waals surface area contributed by atoms with Crippen molar-refractivity contribution in [1.29, 1.82) is 0 Å². The molecule has 104 valence electrons. The fourth-order valence-corrected chi connectivity index (χ4v) is 4.24. The number of aromatic nitrogens is 1. The Kier molecular flexibility index (Phi) is 3.22. The van der Waals surface area contributed by atoms with Gasteiger partial charge in [-0.05, 0) is 32.3 Å². The number of sulfonamides is 1. The second-order valence-electron chi connectivity index (χ2n) is 5.25. The fraction of sp³-hybridized carbons (Fsp3) is 0.615. The zero-order chi connectivity index (χ0) is 13.5. The Morgan fingerprint density at radius 1 is 1.32 bits per heavy atom. The lowest BCUT2D eigenvalue weighted by Crippen LogP contribution is -2.33. The highest BCUT2D eigenvalue weighted by Crippen LogP contribution is 2.33. The minimum absolute atomic E-state index is 0.0807. The zero-order valence-electron chi connectivity index (χ0n) is 10.9. The van der Waals surface area contributed by atoms with Gasteiger partial charge in [0.1, 0.15) is 6.10 Å². The molecule has 1 saturated heterocycles. The van der Waals surface area contributed by atoms with Crippen LogP contribution in [0.3, 0.4) is 0 Å². The summed E-state index contributed by atoms with van der Waals surface area (Å²) in [7, 11) is -3.07. The summed E-state index contributed by atoms with van der Waals surface area (Å²) < 4.78 is 31.5. The van der Waals surface area contributed by atoms with E-state index in [0.717, 1.165) is 25.0 Å². The number of rotatable bonds is 4. The Morgan fingerprint density at radius 2 is 2.11 bits per heavy atom. The number of ether oxygens (including phenoxy) is 1. The van der Waals surface area contributed by atoms with Gasteiger partial charge in [0.25, 0.3) is 0 Å². The molecular formula is C13H18N2O3S. The topological polar surface area (TPSA) is 59.5 Å². The van der Waals surface area contributed by atoms with Gasteiger partial charge in [-0.1, -0.05) is 6.07 Å². The second-order valence-corrected chi connectivity index (χ2v) is 7.46. The molecule has 6 heteroatoms. The van der Waals surface area contributed by atoms with Crippen molar-refractivity contribution in [2.75, 3.05) is 13.1 Å². The van der Waals surface area contributed by atoms with E-state index in [9.17, 15) is 8.42 Å². The summed E-state index contributed by atoms with van der Waals surface area (Å²) in [6.45, 7) is 2.93. The lowest BCUT2D eigenvalue weighted by atomic mass is 10.3. The van der Waals surface area contributed by atoms with E-state index >= 15 is 0 Å². The van der Waals surface area contributed by atoms with Gasteiger partial charge < -0.3 is 4.74 Å². The fourth-order valence-electron chi connectivity index (χ4n) is 2.36. The van der Waals surface area contributed by atoms with E-state index in [2.05, 4.69) is 4.98 Å². The summed E-state index contributed by atoms with van der Waals surface area (Å²) >= 11 is 0. The smallest absolute Gasteiger partial charge is 0.217 e. The first kappa shape index (κ1) is 12.9. The molecule has 0 amide bonds. The van der Waals surface area contributed by atoms with Gasteiger partial charge in [-0.2, -0.15) is 4.31 Å². The van der Waals surface area contributed by atoms with Crippen LogP contribution in [0.25, 0.3) is 0 Å². The lowest BCUT2D eigenvalue weighted by molar-refractivity contribution is 0.206. The Morgan fingerprint density at radius 3 is 2.79 bits per heavy atom. The minimum Gasteiger partial charge on any atom is -0.473 e.